The summed E-state index contributed by atoms with van der Waals surface area (Å²) in [5, 5.41) is 2.75. The second-order valence-electron chi connectivity index (χ2n) is 2.71. The van der Waals surface area contributed by atoms with Crippen LogP contribution in [0.3, 0.4) is 0 Å². The number of thiazole rings is 1. The van der Waals surface area contributed by atoms with Crippen LogP contribution < -0.4 is 0 Å². The molecule has 4 heteroatoms. The molecule has 2 aromatic rings. The fourth-order valence-electron chi connectivity index (χ4n) is 1.11. The molecule has 2 aromatic heterocycles. The first kappa shape index (κ1) is 9.02. The highest BCUT2D eigenvalue weighted by Crippen LogP contribution is 2.19. The lowest BCUT2D eigenvalue weighted by molar-refractivity contribution is -0.107. The molecule has 0 fully saturated rings. The van der Waals surface area contributed by atoms with Gasteiger partial charge < -0.3 is 4.79 Å². The molecule has 0 aromatic carbocycles. The molecule has 14 heavy (non-hydrogen) atoms. The molecule has 3 nitrogen and oxygen atoms in total. The quantitative estimate of drug-likeness (QED) is 0.718. The van der Waals surface area contributed by atoms with Crippen molar-refractivity contribution in [3.8, 4) is 11.4 Å². The summed E-state index contributed by atoms with van der Waals surface area (Å²) in [5.41, 5.74) is 1.69. The monoisotopic (exact) mass is 204 g/mol. The molecule has 0 atom stereocenters. The highest BCUT2D eigenvalue weighted by Gasteiger charge is 2.03. The first-order valence-corrected chi connectivity index (χ1v) is 5.07. The Morgan fingerprint density at radius 1 is 1.36 bits per heavy atom. The number of aldehydes is 1. The van der Waals surface area contributed by atoms with Crippen LogP contribution in [0.15, 0.2) is 29.8 Å². The molecule has 0 aliphatic heterocycles. The fourth-order valence-corrected chi connectivity index (χ4v) is 1.84. The molecule has 0 bridgehead atoms. The van der Waals surface area contributed by atoms with Crippen molar-refractivity contribution in [1.29, 1.82) is 0 Å². The number of carbonyl (C=O) groups is 1. The Hall–Kier alpha value is -1.55. The second-order valence-corrected chi connectivity index (χ2v) is 3.65. The van der Waals surface area contributed by atoms with Crippen LogP contribution in [0.5, 0.6) is 0 Å². The molecule has 0 saturated heterocycles. The summed E-state index contributed by atoms with van der Waals surface area (Å²) in [4.78, 5) is 18.7. The van der Waals surface area contributed by atoms with Gasteiger partial charge in [-0.2, -0.15) is 0 Å². The van der Waals surface area contributed by atoms with Gasteiger partial charge in [0.05, 0.1) is 17.8 Å². The zero-order valence-corrected chi connectivity index (χ0v) is 8.20. The van der Waals surface area contributed by atoms with E-state index in [1.54, 1.807) is 6.20 Å². The van der Waals surface area contributed by atoms with Crippen LogP contribution in [0, 0.1) is 0 Å². The Labute approximate surface area is 85.5 Å². The minimum atomic E-state index is 0.386. The predicted octanol–water partition coefficient (Wildman–Crippen LogP) is 1.95. The van der Waals surface area contributed by atoms with E-state index in [1.165, 1.54) is 11.3 Å². The minimum Gasteiger partial charge on any atom is -0.303 e. The van der Waals surface area contributed by atoms with Crippen molar-refractivity contribution in [2.45, 2.75) is 6.42 Å². The Bertz CT molecular complexity index is 425. The van der Waals surface area contributed by atoms with E-state index in [1.807, 2.05) is 23.6 Å². The van der Waals surface area contributed by atoms with Gasteiger partial charge in [0.2, 0.25) is 0 Å². The van der Waals surface area contributed by atoms with Gasteiger partial charge in [-0.25, -0.2) is 4.98 Å². The summed E-state index contributed by atoms with van der Waals surface area (Å²) >= 11 is 1.49. The summed E-state index contributed by atoms with van der Waals surface area (Å²) in [7, 11) is 0. The molecule has 0 aliphatic rings. The average Bonchev–Trinajstić information content (AvgIpc) is 2.68. The minimum absolute atomic E-state index is 0.386. The molecule has 0 N–H and O–H groups in total. The standard InChI is InChI=1S/C10H8N2OS/c13-6-4-10-12-9(7-14-10)8-3-1-2-5-11-8/h1-3,5-7H,4H2. The van der Waals surface area contributed by atoms with Crippen LogP contribution >= 0.6 is 11.3 Å². The van der Waals surface area contributed by atoms with Crippen molar-refractivity contribution in [3.63, 3.8) is 0 Å². The SMILES string of the molecule is O=CCc1nc(-c2ccccn2)cs1. The van der Waals surface area contributed by atoms with Crippen molar-refractivity contribution in [2.24, 2.45) is 0 Å². The molecule has 70 valence electrons. The van der Waals surface area contributed by atoms with Crippen LogP contribution in [-0.2, 0) is 11.2 Å². The molecular weight excluding hydrogens is 196 g/mol. The van der Waals surface area contributed by atoms with E-state index in [0.717, 1.165) is 22.7 Å². The Balaban J connectivity index is 2.29. The number of rotatable bonds is 3. The maximum atomic E-state index is 10.3. The van der Waals surface area contributed by atoms with Gasteiger partial charge >= 0.3 is 0 Å². The highest BCUT2D eigenvalue weighted by atomic mass is 32.1. The zero-order valence-electron chi connectivity index (χ0n) is 7.38. The van der Waals surface area contributed by atoms with E-state index in [9.17, 15) is 4.79 Å². The van der Waals surface area contributed by atoms with Gasteiger partial charge in [0.1, 0.15) is 11.3 Å². The van der Waals surface area contributed by atoms with Gasteiger partial charge in [0.25, 0.3) is 0 Å². The number of pyridine rings is 1. The van der Waals surface area contributed by atoms with Gasteiger partial charge in [-0.1, -0.05) is 6.07 Å². The molecule has 0 spiro atoms. The van der Waals surface area contributed by atoms with Crippen molar-refractivity contribution in [3.05, 3.63) is 34.8 Å². The van der Waals surface area contributed by atoms with E-state index < -0.39 is 0 Å². The van der Waals surface area contributed by atoms with Crippen molar-refractivity contribution < 1.29 is 4.79 Å². The maximum absolute atomic E-state index is 10.3. The highest BCUT2D eigenvalue weighted by molar-refractivity contribution is 7.10. The molecule has 0 saturated carbocycles. The van der Waals surface area contributed by atoms with Gasteiger partial charge in [0.15, 0.2) is 0 Å². The number of hydrogen-bond acceptors (Lipinski definition) is 4. The summed E-state index contributed by atoms with van der Waals surface area (Å²) in [6.45, 7) is 0. The third-order valence-electron chi connectivity index (χ3n) is 1.74. The zero-order chi connectivity index (χ0) is 9.80. The summed E-state index contributed by atoms with van der Waals surface area (Å²) in [5.74, 6) is 0. The lowest BCUT2D eigenvalue weighted by Crippen LogP contribution is -1.85. The topological polar surface area (TPSA) is 42.9 Å². The number of carbonyl (C=O) groups excluding carboxylic acids is 1. The summed E-state index contributed by atoms with van der Waals surface area (Å²) in [6, 6.07) is 5.68. The van der Waals surface area contributed by atoms with Crippen molar-refractivity contribution in [2.75, 3.05) is 0 Å². The maximum Gasteiger partial charge on any atom is 0.126 e. The van der Waals surface area contributed by atoms with Crippen LogP contribution in [-0.4, -0.2) is 16.3 Å². The number of aromatic nitrogens is 2. The molecule has 0 aliphatic carbocycles. The van der Waals surface area contributed by atoms with Gasteiger partial charge in [-0.15, -0.1) is 11.3 Å². The number of nitrogens with zero attached hydrogens (tertiary/aromatic N) is 2. The van der Waals surface area contributed by atoms with E-state index in [-0.39, 0.29) is 0 Å². The smallest absolute Gasteiger partial charge is 0.126 e. The first-order valence-electron chi connectivity index (χ1n) is 4.19. The molecule has 2 rings (SSSR count). The molecule has 0 radical (unpaired) electrons. The first-order chi connectivity index (χ1) is 6.90. The molecule has 0 unspecified atom stereocenters. The third-order valence-corrected chi connectivity index (χ3v) is 2.61. The lowest BCUT2D eigenvalue weighted by atomic mass is 10.3. The fraction of sp³-hybridized carbons (Fsp3) is 0.100. The van der Waals surface area contributed by atoms with Crippen LogP contribution in [0.1, 0.15) is 5.01 Å². The van der Waals surface area contributed by atoms with Crippen molar-refractivity contribution >= 4 is 17.6 Å². The van der Waals surface area contributed by atoms with E-state index >= 15 is 0 Å². The molecule has 2 heterocycles. The molecular formula is C10H8N2OS. The summed E-state index contributed by atoms with van der Waals surface area (Å²) in [6.07, 6.45) is 2.98. The predicted molar refractivity (Wildman–Crippen MR) is 55.1 cm³/mol. The van der Waals surface area contributed by atoms with Crippen LogP contribution in [0.25, 0.3) is 11.4 Å². The Kier molecular flexibility index (Phi) is 2.65. The van der Waals surface area contributed by atoms with Gasteiger partial charge in [0, 0.05) is 11.6 Å². The third kappa shape index (κ3) is 1.85. The van der Waals surface area contributed by atoms with E-state index in [2.05, 4.69) is 9.97 Å². The number of hydrogen-bond donors (Lipinski definition) is 0. The van der Waals surface area contributed by atoms with Crippen LogP contribution in [0.2, 0.25) is 0 Å². The second kappa shape index (κ2) is 4.11. The van der Waals surface area contributed by atoms with Crippen LogP contribution in [0.4, 0.5) is 0 Å². The largest absolute Gasteiger partial charge is 0.303 e. The Morgan fingerprint density at radius 3 is 3.00 bits per heavy atom. The van der Waals surface area contributed by atoms with Gasteiger partial charge in [-0.05, 0) is 12.1 Å². The summed E-state index contributed by atoms with van der Waals surface area (Å²) < 4.78 is 0. The van der Waals surface area contributed by atoms with Crippen molar-refractivity contribution in [1.82, 2.24) is 9.97 Å². The van der Waals surface area contributed by atoms with E-state index in [0.29, 0.717) is 6.42 Å². The average molecular weight is 204 g/mol. The van der Waals surface area contributed by atoms with Gasteiger partial charge in [-0.3, -0.25) is 4.98 Å². The van der Waals surface area contributed by atoms with E-state index in [4.69, 9.17) is 0 Å². The normalized spacial score (nSPS) is 10.0. The Morgan fingerprint density at radius 2 is 2.29 bits per heavy atom. The molecule has 0 amide bonds. The lowest BCUT2D eigenvalue weighted by Gasteiger charge is -1.92.